The van der Waals surface area contributed by atoms with Crippen molar-refractivity contribution in [2.75, 3.05) is 0 Å². The minimum atomic E-state index is -0.176. The summed E-state index contributed by atoms with van der Waals surface area (Å²) in [6.07, 6.45) is 4.37. The van der Waals surface area contributed by atoms with Crippen LogP contribution in [0.4, 0.5) is 0 Å². The van der Waals surface area contributed by atoms with Gasteiger partial charge in [0.15, 0.2) is 0 Å². The predicted molar refractivity (Wildman–Crippen MR) is 64.2 cm³/mol. The Morgan fingerprint density at radius 3 is 2.27 bits per heavy atom. The molecule has 1 atom stereocenters. The molecule has 0 saturated heterocycles. The number of hydrazine groups is 1. The Morgan fingerprint density at radius 1 is 1.40 bits per heavy atom. The lowest BCUT2D eigenvalue weighted by Gasteiger charge is -2.38. The molecule has 0 aliphatic heterocycles. The molecular formula is C12H24N2O. The van der Waals surface area contributed by atoms with Gasteiger partial charge in [0.05, 0.1) is 0 Å². The fourth-order valence-corrected chi connectivity index (χ4v) is 1.87. The van der Waals surface area contributed by atoms with Gasteiger partial charge in [0.1, 0.15) is 0 Å². The summed E-state index contributed by atoms with van der Waals surface area (Å²) in [7, 11) is 0. The molecule has 0 radical (unpaired) electrons. The van der Waals surface area contributed by atoms with Crippen LogP contribution in [0.3, 0.4) is 0 Å². The van der Waals surface area contributed by atoms with Gasteiger partial charge in [0.25, 0.3) is 5.91 Å². The average molecular weight is 212 g/mol. The zero-order valence-corrected chi connectivity index (χ0v) is 10.4. The maximum Gasteiger partial charge on any atom is 0.257 e. The second-order valence-electron chi connectivity index (χ2n) is 3.99. The predicted octanol–water partition coefficient (Wildman–Crippen LogP) is 2.40. The van der Waals surface area contributed by atoms with Gasteiger partial charge < -0.3 is 0 Å². The molecule has 1 unspecified atom stereocenters. The average Bonchev–Trinajstić information content (AvgIpc) is 2.29. The Kier molecular flexibility index (Phi) is 6.25. The minimum absolute atomic E-state index is 0.00653. The molecule has 1 amide bonds. The number of carbonyl (C=O) groups excluding carboxylic acids is 1. The number of nitrogens with one attached hydrogen (secondary N) is 2. The molecule has 0 fully saturated rings. The van der Waals surface area contributed by atoms with E-state index in [4.69, 9.17) is 0 Å². The highest BCUT2D eigenvalue weighted by Crippen LogP contribution is 2.26. The first kappa shape index (κ1) is 14.2. The van der Waals surface area contributed by atoms with Crippen molar-refractivity contribution in [2.45, 2.75) is 52.5 Å². The van der Waals surface area contributed by atoms with Gasteiger partial charge in [-0.05, 0) is 24.8 Å². The van der Waals surface area contributed by atoms with Gasteiger partial charge in [-0.15, -0.1) is 0 Å². The van der Waals surface area contributed by atoms with Gasteiger partial charge in [-0.3, -0.25) is 10.2 Å². The highest BCUT2D eigenvalue weighted by atomic mass is 16.2. The standard InChI is InChI=1S/C12H24N2O/c1-6-10(5)12(8-3,9-4)14-13-11(15)7-2/h7,10,14H,2,6,8-9H2,1,3-5H3,(H,13,15). The Hall–Kier alpha value is -0.830. The lowest BCUT2D eigenvalue weighted by atomic mass is 9.79. The van der Waals surface area contributed by atoms with Crippen LogP contribution in [-0.4, -0.2) is 11.4 Å². The van der Waals surface area contributed by atoms with Crippen LogP contribution >= 0.6 is 0 Å². The van der Waals surface area contributed by atoms with Gasteiger partial charge >= 0.3 is 0 Å². The maximum absolute atomic E-state index is 11.1. The molecule has 0 saturated carbocycles. The summed E-state index contributed by atoms with van der Waals surface area (Å²) in [4.78, 5) is 11.1. The van der Waals surface area contributed by atoms with Crippen LogP contribution < -0.4 is 10.9 Å². The monoisotopic (exact) mass is 212 g/mol. The van der Waals surface area contributed by atoms with E-state index < -0.39 is 0 Å². The molecule has 0 aromatic rings. The van der Waals surface area contributed by atoms with Crippen molar-refractivity contribution in [1.29, 1.82) is 0 Å². The van der Waals surface area contributed by atoms with Gasteiger partial charge in [-0.25, -0.2) is 5.43 Å². The molecule has 0 bridgehead atoms. The molecule has 0 aliphatic carbocycles. The number of hydrogen-bond donors (Lipinski definition) is 2. The first-order valence-corrected chi connectivity index (χ1v) is 5.75. The third-order valence-electron chi connectivity index (χ3n) is 3.44. The third kappa shape index (κ3) is 3.67. The maximum atomic E-state index is 11.1. The zero-order chi connectivity index (χ0) is 11.9. The van der Waals surface area contributed by atoms with E-state index in [1.54, 1.807) is 0 Å². The molecule has 0 aliphatic rings. The Labute approximate surface area is 93.3 Å². The highest BCUT2D eigenvalue weighted by molar-refractivity contribution is 5.86. The van der Waals surface area contributed by atoms with E-state index in [-0.39, 0.29) is 11.4 Å². The van der Waals surface area contributed by atoms with E-state index in [0.29, 0.717) is 5.92 Å². The number of carbonyl (C=O) groups is 1. The van der Waals surface area contributed by atoms with Gasteiger partial charge in [-0.1, -0.05) is 40.7 Å². The summed E-state index contributed by atoms with van der Waals surface area (Å²) < 4.78 is 0. The zero-order valence-electron chi connectivity index (χ0n) is 10.4. The van der Waals surface area contributed by atoms with Crippen molar-refractivity contribution in [3.05, 3.63) is 12.7 Å². The molecule has 0 aromatic carbocycles. The summed E-state index contributed by atoms with van der Waals surface area (Å²) in [6, 6.07) is 0. The molecule has 0 heterocycles. The van der Waals surface area contributed by atoms with E-state index in [1.807, 2.05) is 0 Å². The van der Waals surface area contributed by atoms with Crippen molar-refractivity contribution in [2.24, 2.45) is 5.92 Å². The Morgan fingerprint density at radius 2 is 1.93 bits per heavy atom. The number of amides is 1. The SMILES string of the molecule is C=CC(=O)NNC(CC)(CC)C(C)CC. The van der Waals surface area contributed by atoms with E-state index in [2.05, 4.69) is 45.1 Å². The molecule has 2 N–H and O–H groups in total. The molecule has 3 heteroatoms. The fraction of sp³-hybridized carbons (Fsp3) is 0.750. The Balaban J connectivity index is 4.49. The molecule has 15 heavy (non-hydrogen) atoms. The molecule has 0 spiro atoms. The van der Waals surface area contributed by atoms with Crippen molar-refractivity contribution in [3.63, 3.8) is 0 Å². The first-order valence-electron chi connectivity index (χ1n) is 5.75. The summed E-state index contributed by atoms with van der Waals surface area (Å²) in [5, 5.41) is 0. The summed E-state index contributed by atoms with van der Waals surface area (Å²) >= 11 is 0. The number of hydrogen-bond acceptors (Lipinski definition) is 2. The van der Waals surface area contributed by atoms with Crippen molar-refractivity contribution >= 4 is 5.91 Å². The van der Waals surface area contributed by atoms with Gasteiger partial charge in [0.2, 0.25) is 0 Å². The van der Waals surface area contributed by atoms with Crippen LogP contribution in [0.1, 0.15) is 47.0 Å². The smallest absolute Gasteiger partial charge is 0.257 e. The molecule has 0 aromatic heterocycles. The van der Waals surface area contributed by atoms with Crippen LogP contribution in [0.25, 0.3) is 0 Å². The van der Waals surface area contributed by atoms with Crippen LogP contribution in [0.15, 0.2) is 12.7 Å². The molecule has 3 nitrogen and oxygen atoms in total. The second-order valence-corrected chi connectivity index (χ2v) is 3.99. The molecule has 88 valence electrons. The van der Waals surface area contributed by atoms with E-state index >= 15 is 0 Å². The second kappa shape index (κ2) is 6.62. The fourth-order valence-electron chi connectivity index (χ4n) is 1.87. The van der Waals surface area contributed by atoms with Gasteiger partial charge in [-0.2, -0.15) is 0 Å². The normalized spacial score (nSPS) is 13.3. The summed E-state index contributed by atoms with van der Waals surface area (Å²) in [6.45, 7) is 12.1. The van der Waals surface area contributed by atoms with E-state index in [1.165, 1.54) is 6.08 Å². The minimum Gasteiger partial charge on any atom is -0.287 e. The highest BCUT2D eigenvalue weighted by Gasteiger charge is 2.31. The van der Waals surface area contributed by atoms with Gasteiger partial charge in [0, 0.05) is 5.54 Å². The van der Waals surface area contributed by atoms with Crippen LogP contribution in [0.5, 0.6) is 0 Å². The lowest BCUT2D eigenvalue weighted by Crippen LogP contribution is -2.56. The van der Waals surface area contributed by atoms with Crippen LogP contribution in [-0.2, 0) is 4.79 Å². The van der Waals surface area contributed by atoms with E-state index in [9.17, 15) is 4.79 Å². The topological polar surface area (TPSA) is 41.1 Å². The van der Waals surface area contributed by atoms with Crippen molar-refractivity contribution in [3.8, 4) is 0 Å². The van der Waals surface area contributed by atoms with Crippen LogP contribution in [0, 0.1) is 5.92 Å². The Bertz CT molecular complexity index is 210. The van der Waals surface area contributed by atoms with E-state index in [0.717, 1.165) is 19.3 Å². The summed E-state index contributed by atoms with van der Waals surface area (Å²) in [5.74, 6) is 0.349. The molecule has 0 rings (SSSR count). The largest absolute Gasteiger partial charge is 0.287 e. The third-order valence-corrected chi connectivity index (χ3v) is 3.44. The van der Waals surface area contributed by atoms with Crippen molar-refractivity contribution < 1.29 is 4.79 Å². The van der Waals surface area contributed by atoms with Crippen molar-refractivity contribution in [1.82, 2.24) is 10.9 Å². The first-order chi connectivity index (χ1) is 7.06. The number of rotatable bonds is 7. The quantitative estimate of drug-likeness (QED) is 0.502. The van der Waals surface area contributed by atoms with Crippen LogP contribution in [0.2, 0.25) is 0 Å². The molecular weight excluding hydrogens is 188 g/mol. The lowest BCUT2D eigenvalue weighted by molar-refractivity contribution is -0.118. The summed E-state index contributed by atoms with van der Waals surface area (Å²) in [5.41, 5.74) is 5.84.